The molecule has 0 amide bonds. The van der Waals surface area contributed by atoms with Gasteiger partial charge in [0.2, 0.25) is 0 Å². The zero-order valence-corrected chi connectivity index (χ0v) is 21.2. The standard InChI is InChI=1S/C31H43NO/c1-21-8-9-23(3)30(17-21)28-18-26-10-11-27(19-28)31(26)25-6-5-7-29(20-25)33-15-14-32-13-12-22(2)16-24(32)4/h5-9,17,20,22,24,26-28,31H,10-16,18-19H2,1-4H3/t22?,24-,26?,27?,28?,31?/m1/s1. The van der Waals surface area contributed by atoms with Gasteiger partial charge >= 0.3 is 0 Å². The van der Waals surface area contributed by atoms with E-state index < -0.39 is 0 Å². The van der Waals surface area contributed by atoms with Gasteiger partial charge in [-0.25, -0.2) is 0 Å². The minimum Gasteiger partial charge on any atom is -0.492 e. The molecule has 33 heavy (non-hydrogen) atoms. The first kappa shape index (κ1) is 23.0. The number of hydrogen-bond acceptors (Lipinski definition) is 2. The van der Waals surface area contributed by atoms with E-state index in [2.05, 4.69) is 75.1 Å². The molecule has 1 heterocycles. The molecule has 2 heteroatoms. The van der Waals surface area contributed by atoms with Gasteiger partial charge in [0.05, 0.1) is 0 Å². The highest BCUT2D eigenvalue weighted by atomic mass is 16.5. The van der Waals surface area contributed by atoms with Gasteiger partial charge in [0, 0.05) is 12.6 Å². The number of nitrogens with zero attached hydrogens (tertiary/aromatic N) is 1. The molecule has 3 fully saturated rings. The second-order valence-corrected chi connectivity index (χ2v) is 11.6. The van der Waals surface area contributed by atoms with Crippen molar-refractivity contribution in [1.29, 1.82) is 0 Å². The summed E-state index contributed by atoms with van der Waals surface area (Å²) < 4.78 is 6.28. The minimum absolute atomic E-state index is 0.687. The van der Waals surface area contributed by atoms with Gasteiger partial charge in [-0.2, -0.15) is 0 Å². The fourth-order valence-corrected chi connectivity index (χ4v) is 7.41. The Kier molecular flexibility index (Phi) is 6.84. The summed E-state index contributed by atoms with van der Waals surface area (Å²) in [5.74, 6) is 5.04. The monoisotopic (exact) mass is 445 g/mol. The van der Waals surface area contributed by atoms with Crippen molar-refractivity contribution in [3.05, 3.63) is 64.7 Å². The first-order chi connectivity index (χ1) is 16.0. The molecule has 4 atom stereocenters. The molecule has 2 bridgehead atoms. The number of likely N-dealkylation sites (tertiary alicyclic amines) is 1. The third kappa shape index (κ3) is 5.02. The number of piperidine rings is 1. The molecule has 2 aromatic rings. The van der Waals surface area contributed by atoms with E-state index in [0.29, 0.717) is 6.04 Å². The van der Waals surface area contributed by atoms with Gasteiger partial charge in [-0.15, -0.1) is 0 Å². The second kappa shape index (κ2) is 9.82. The van der Waals surface area contributed by atoms with Crippen LogP contribution in [0.1, 0.15) is 86.5 Å². The second-order valence-electron chi connectivity index (χ2n) is 11.6. The maximum absolute atomic E-state index is 6.28. The summed E-state index contributed by atoms with van der Waals surface area (Å²) in [6, 6.07) is 16.9. The first-order valence-electron chi connectivity index (χ1n) is 13.5. The van der Waals surface area contributed by atoms with Crippen LogP contribution < -0.4 is 4.74 Å². The maximum atomic E-state index is 6.28. The number of benzene rings is 2. The van der Waals surface area contributed by atoms with Crippen molar-refractivity contribution in [3.8, 4) is 5.75 Å². The van der Waals surface area contributed by atoms with Crippen LogP contribution in [0.15, 0.2) is 42.5 Å². The number of hydrogen-bond donors (Lipinski definition) is 0. The van der Waals surface area contributed by atoms with Crippen molar-refractivity contribution in [1.82, 2.24) is 4.90 Å². The third-order valence-electron chi connectivity index (χ3n) is 9.14. The lowest BCUT2D eigenvalue weighted by Crippen LogP contribution is -2.42. The van der Waals surface area contributed by atoms with Crippen molar-refractivity contribution in [2.24, 2.45) is 17.8 Å². The molecule has 1 saturated heterocycles. The molecule has 5 rings (SSSR count). The van der Waals surface area contributed by atoms with E-state index in [1.165, 1.54) is 61.8 Å². The normalized spacial score (nSPS) is 32.1. The zero-order chi connectivity index (χ0) is 22.9. The van der Waals surface area contributed by atoms with Gasteiger partial charge in [0.1, 0.15) is 12.4 Å². The highest BCUT2D eigenvalue weighted by Gasteiger charge is 2.43. The third-order valence-corrected chi connectivity index (χ3v) is 9.14. The smallest absolute Gasteiger partial charge is 0.119 e. The van der Waals surface area contributed by atoms with E-state index in [0.717, 1.165) is 48.5 Å². The molecule has 3 aliphatic rings. The van der Waals surface area contributed by atoms with Crippen LogP contribution in [0, 0.1) is 31.6 Å². The van der Waals surface area contributed by atoms with Crippen molar-refractivity contribution in [2.45, 2.75) is 84.1 Å². The SMILES string of the molecule is Cc1ccc(C)c(C2CC3CCC(C2)C3c2cccc(OCCN3CCC(C)C[C@H]3C)c2)c1. The average molecular weight is 446 g/mol. The highest BCUT2D eigenvalue weighted by molar-refractivity contribution is 5.37. The lowest BCUT2D eigenvalue weighted by Gasteiger charge is -2.37. The van der Waals surface area contributed by atoms with Crippen molar-refractivity contribution >= 4 is 0 Å². The van der Waals surface area contributed by atoms with Gasteiger partial charge in [0.25, 0.3) is 0 Å². The van der Waals surface area contributed by atoms with Crippen LogP contribution in [0.5, 0.6) is 5.75 Å². The summed E-state index contributed by atoms with van der Waals surface area (Å²) in [7, 11) is 0. The Bertz CT molecular complexity index is 938. The molecule has 2 aliphatic carbocycles. The Labute approximate surface area is 201 Å². The predicted molar refractivity (Wildman–Crippen MR) is 138 cm³/mol. The Morgan fingerprint density at radius 3 is 2.45 bits per heavy atom. The summed E-state index contributed by atoms with van der Waals surface area (Å²) in [6.07, 6.45) is 8.14. The maximum Gasteiger partial charge on any atom is 0.119 e. The molecule has 178 valence electrons. The molecule has 0 N–H and O–H groups in total. The quantitative estimate of drug-likeness (QED) is 0.457. The molecule has 2 aromatic carbocycles. The van der Waals surface area contributed by atoms with Gasteiger partial charge in [-0.3, -0.25) is 4.90 Å². The molecular weight excluding hydrogens is 402 g/mol. The summed E-state index contributed by atoms with van der Waals surface area (Å²) in [6.45, 7) is 12.4. The lowest BCUT2D eigenvalue weighted by molar-refractivity contribution is 0.109. The number of ether oxygens (including phenoxy) is 1. The lowest BCUT2D eigenvalue weighted by atomic mass is 9.68. The number of aryl methyl sites for hydroxylation is 2. The topological polar surface area (TPSA) is 12.5 Å². The van der Waals surface area contributed by atoms with Gasteiger partial charge in [0.15, 0.2) is 0 Å². The fourth-order valence-electron chi connectivity index (χ4n) is 7.41. The van der Waals surface area contributed by atoms with Crippen LogP contribution in [0.25, 0.3) is 0 Å². The number of fused-ring (bicyclic) bond motifs is 2. The molecule has 0 spiro atoms. The highest BCUT2D eigenvalue weighted by Crippen LogP contribution is 2.56. The fraction of sp³-hybridized carbons (Fsp3) is 0.613. The van der Waals surface area contributed by atoms with E-state index in [4.69, 9.17) is 4.74 Å². The summed E-state index contributed by atoms with van der Waals surface area (Å²) in [4.78, 5) is 2.61. The van der Waals surface area contributed by atoms with Gasteiger partial charge in [-0.05, 0) is 124 Å². The summed E-state index contributed by atoms with van der Waals surface area (Å²) in [5.41, 5.74) is 6.03. The average Bonchev–Trinajstić information content (AvgIpc) is 3.06. The molecular formula is C31H43NO. The van der Waals surface area contributed by atoms with Crippen molar-refractivity contribution < 1.29 is 4.74 Å². The largest absolute Gasteiger partial charge is 0.492 e. The minimum atomic E-state index is 0.687. The molecule has 0 radical (unpaired) electrons. The van der Waals surface area contributed by atoms with E-state index in [-0.39, 0.29) is 0 Å². The van der Waals surface area contributed by atoms with Gasteiger partial charge in [-0.1, -0.05) is 42.8 Å². The molecule has 2 saturated carbocycles. The Hall–Kier alpha value is -1.80. The van der Waals surface area contributed by atoms with E-state index in [1.807, 2.05) is 0 Å². The van der Waals surface area contributed by atoms with Crippen molar-refractivity contribution in [3.63, 3.8) is 0 Å². The predicted octanol–water partition coefficient (Wildman–Crippen LogP) is 7.49. The Morgan fingerprint density at radius 1 is 0.909 bits per heavy atom. The van der Waals surface area contributed by atoms with Crippen molar-refractivity contribution in [2.75, 3.05) is 19.7 Å². The molecule has 3 unspecified atom stereocenters. The Morgan fingerprint density at radius 2 is 1.70 bits per heavy atom. The number of rotatable bonds is 6. The van der Waals surface area contributed by atoms with Gasteiger partial charge < -0.3 is 4.74 Å². The van der Waals surface area contributed by atoms with Crippen LogP contribution in [-0.4, -0.2) is 30.6 Å². The Balaban J connectivity index is 1.22. The van der Waals surface area contributed by atoms with E-state index in [9.17, 15) is 0 Å². The van der Waals surface area contributed by atoms with Crippen LogP contribution in [0.2, 0.25) is 0 Å². The molecule has 0 aromatic heterocycles. The van der Waals surface area contributed by atoms with Crippen LogP contribution in [-0.2, 0) is 0 Å². The van der Waals surface area contributed by atoms with E-state index >= 15 is 0 Å². The summed E-state index contributed by atoms with van der Waals surface area (Å²) >= 11 is 0. The molecule has 2 nitrogen and oxygen atoms in total. The van der Waals surface area contributed by atoms with Crippen LogP contribution >= 0.6 is 0 Å². The zero-order valence-electron chi connectivity index (χ0n) is 21.2. The first-order valence-corrected chi connectivity index (χ1v) is 13.5. The molecule has 1 aliphatic heterocycles. The van der Waals surface area contributed by atoms with E-state index in [1.54, 1.807) is 5.56 Å². The summed E-state index contributed by atoms with van der Waals surface area (Å²) in [5, 5.41) is 0. The van der Waals surface area contributed by atoms with Crippen LogP contribution in [0.3, 0.4) is 0 Å². The van der Waals surface area contributed by atoms with Crippen LogP contribution in [0.4, 0.5) is 0 Å².